The maximum absolute atomic E-state index is 11.4. The quantitative estimate of drug-likeness (QED) is 0.316. The summed E-state index contributed by atoms with van der Waals surface area (Å²) in [5.41, 5.74) is 5.79. The first kappa shape index (κ1) is 10.4. The molecule has 0 saturated carbocycles. The van der Waals surface area contributed by atoms with Crippen LogP contribution in [0.25, 0.3) is 0 Å². The van der Waals surface area contributed by atoms with E-state index in [2.05, 4.69) is 4.90 Å². The highest BCUT2D eigenvalue weighted by atomic mass is 16.2. The van der Waals surface area contributed by atoms with Crippen molar-refractivity contribution in [2.75, 3.05) is 27.2 Å². The van der Waals surface area contributed by atoms with E-state index in [1.54, 1.807) is 0 Å². The summed E-state index contributed by atoms with van der Waals surface area (Å²) in [7, 11) is 3.56. The molecule has 1 saturated heterocycles. The van der Waals surface area contributed by atoms with Crippen molar-refractivity contribution in [3.05, 3.63) is 0 Å². The third kappa shape index (κ3) is 2.40. The van der Waals surface area contributed by atoms with E-state index >= 15 is 0 Å². The standard InChI is InChI=1S/C8H18N4O/c1-11-4-3-6(5-11)7(9)8(13)12(2)10/h6-7H,3-5,9-10H2,1-2H3. The van der Waals surface area contributed by atoms with E-state index in [1.165, 1.54) is 7.05 Å². The highest BCUT2D eigenvalue weighted by Crippen LogP contribution is 2.17. The van der Waals surface area contributed by atoms with Gasteiger partial charge in [-0.3, -0.25) is 9.80 Å². The maximum Gasteiger partial charge on any atom is 0.253 e. The Kier molecular flexibility index (Phi) is 3.24. The number of hydrogen-bond acceptors (Lipinski definition) is 4. The van der Waals surface area contributed by atoms with E-state index < -0.39 is 6.04 Å². The topological polar surface area (TPSA) is 75.6 Å². The van der Waals surface area contributed by atoms with E-state index in [0.29, 0.717) is 0 Å². The fourth-order valence-corrected chi connectivity index (χ4v) is 1.70. The van der Waals surface area contributed by atoms with Crippen molar-refractivity contribution >= 4 is 5.91 Å². The molecule has 5 nitrogen and oxygen atoms in total. The Balaban J connectivity index is 2.48. The van der Waals surface area contributed by atoms with E-state index in [0.717, 1.165) is 24.5 Å². The number of hydrazine groups is 1. The summed E-state index contributed by atoms with van der Waals surface area (Å²) in [6, 6.07) is -0.444. The number of hydrogen-bond donors (Lipinski definition) is 2. The Bertz CT molecular complexity index is 195. The van der Waals surface area contributed by atoms with Crippen LogP contribution in [0.1, 0.15) is 6.42 Å². The normalized spacial score (nSPS) is 26.0. The Morgan fingerprint density at radius 1 is 1.69 bits per heavy atom. The minimum Gasteiger partial charge on any atom is -0.320 e. The highest BCUT2D eigenvalue weighted by Gasteiger charge is 2.30. The van der Waals surface area contributed by atoms with Crippen LogP contribution in [-0.4, -0.2) is 49.0 Å². The lowest BCUT2D eigenvalue weighted by Gasteiger charge is -2.21. The summed E-state index contributed by atoms with van der Waals surface area (Å²) < 4.78 is 0. The molecule has 13 heavy (non-hydrogen) atoms. The minimum absolute atomic E-state index is 0.180. The van der Waals surface area contributed by atoms with Crippen molar-refractivity contribution < 1.29 is 4.79 Å². The number of nitrogens with zero attached hydrogens (tertiary/aromatic N) is 2. The van der Waals surface area contributed by atoms with Gasteiger partial charge in [-0.15, -0.1) is 0 Å². The molecule has 1 amide bonds. The van der Waals surface area contributed by atoms with Crippen LogP contribution in [0.15, 0.2) is 0 Å². The lowest BCUT2D eigenvalue weighted by Crippen LogP contribution is -2.49. The van der Waals surface area contributed by atoms with Gasteiger partial charge in [-0.2, -0.15) is 0 Å². The molecule has 1 aliphatic heterocycles. The average molecular weight is 186 g/mol. The summed E-state index contributed by atoms with van der Waals surface area (Å²) >= 11 is 0. The average Bonchev–Trinajstić information content (AvgIpc) is 2.49. The zero-order valence-corrected chi connectivity index (χ0v) is 8.23. The minimum atomic E-state index is -0.444. The molecule has 1 fully saturated rings. The van der Waals surface area contributed by atoms with Gasteiger partial charge >= 0.3 is 0 Å². The molecule has 0 radical (unpaired) electrons. The molecule has 2 atom stereocenters. The van der Waals surface area contributed by atoms with Gasteiger partial charge in [-0.25, -0.2) is 5.84 Å². The van der Waals surface area contributed by atoms with Gasteiger partial charge in [0.05, 0.1) is 6.04 Å². The molecule has 0 spiro atoms. The SMILES string of the molecule is CN1CCC(C(N)C(=O)N(C)N)C1. The van der Waals surface area contributed by atoms with Crippen LogP contribution in [0, 0.1) is 5.92 Å². The third-order valence-electron chi connectivity index (χ3n) is 2.57. The van der Waals surface area contributed by atoms with Crippen molar-refractivity contribution in [2.45, 2.75) is 12.5 Å². The smallest absolute Gasteiger partial charge is 0.253 e. The fourth-order valence-electron chi connectivity index (χ4n) is 1.70. The molecule has 0 bridgehead atoms. The molecule has 0 aromatic heterocycles. The van der Waals surface area contributed by atoms with Crippen molar-refractivity contribution in [1.82, 2.24) is 9.91 Å². The molecule has 0 aromatic carbocycles. The molecule has 1 rings (SSSR count). The zero-order valence-electron chi connectivity index (χ0n) is 8.23. The lowest BCUT2D eigenvalue weighted by atomic mass is 9.99. The van der Waals surface area contributed by atoms with Crippen LogP contribution in [-0.2, 0) is 4.79 Å². The molecule has 1 aliphatic rings. The second-order valence-electron chi connectivity index (χ2n) is 3.79. The molecule has 0 aromatic rings. The summed E-state index contributed by atoms with van der Waals surface area (Å²) in [5.74, 6) is 5.40. The predicted octanol–water partition coefficient (Wildman–Crippen LogP) is -1.40. The molecule has 0 aliphatic carbocycles. The number of carbonyl (C=O) groups excluding carboxylic acids is 1. The molecule has 1 heterocycles. The van der Waals surface area contributed by atoms with Gasteiger partial charge in [0.1, 0.15) is 0 Å². The van der Waals surface area contributed by atoms with Crippen molar-refractivity contribution in [3.63, 3.8) is 0 Å². The number of amides is 1. The largest absolute Gasteiger partial charge is 0.320 e. The Morgan fingerprint density at radius 2 is 2.31 bits per heavy atom. The van der Waals surface area contributed by atoms with E-state index in [4.69, 9.17) is 11.6 Å². The summed E-state index contributed by atoms with van der Waals surface area (Å²) in [6.45, 7) is 1.90. The van der Waals surface area contributed by atoms with Crippen LogP contribution in [0.3, 0.4) is 0 Å². The van der Waals surface area contributed by atoms with E-state index in [9.17, 15) is 4.79 Å². The second-order valence-corrected chi connectivity index (χ2v) is 3.79. The van der Waals surface area contributed by atoms with Crippen molar-refractivity contribution in [3.8, 4) is 0 Å². The van der Waals surface area contributed by atoms with Gasteiger partial charge in [0, 0.05) is 13.6 Å². The van der Waals surface area contributed by atoms with Crippen LogP contribution < -0.4 is 11.6 Å². The van der Waals surface area contributed by atoms with Gasteiger partial charge < -0.3 is 10.6 Å². The molecule has 76 valence electrons. The molecular formula is C8H18N4O. The fraction of sp³-hybridized carbons (Fsp3) is 0.875. The van der Waals surface area contributed by atoms with Crippen molar-refractivity contribution in [2.24, 2.45) is 17.5 Å². The van der Waals surface area contributed by atoms with Gasteiger partial charge in [0.2, 0.25) is 0 Å². The molecule has 2 unspecified atom stereocenters. The van der Waals surface area contributed by atoms with Gasteiger partial charge in [-0.05, 0) is 25.9 Å². The zero-order chi connectivity index (χ0) is 10.0. The Labute approximate surface area is 78.6 Å². The first-order valence-corrected chi connectivity index (χ1v) is 4.48. The predicted molar refractivity (Wildman–Crippen MR) is 50.5 cm³/mol. The highest BCUT2D eigenvalue weighted by molar-refractivity contribution is 5.81. The van der Waals surface area contributed by atoms with Crippen molar-refractivity contribution in [1.29, 1.82) is 0 Å². The lowest BCUT2D eigenvalue weighted by molar-refractivity contribution is -0.132. The summed E-state index contributed by atoms with van der Waals surface area (Å²) in [5, 5.41) is 1.07. The first-order chi connectivity index (χ1) is 6.02. The number of nitrogens with two attached hydrogens (primary N) is 2. The summed E-state index contributed by atoms with van der Waals surface area (Å²) in [4.78, 5) is 13.6. The molecule has 5 heteroatoms. The molecule has 4 N–H and O–H groups in total. The van der Waals surface area contributed by atoms with Gasteiger partial charge in [0.15, 0.2) is 0 Å². The number of likely N-dealkylation sites (N-methyl/N-ethyl adjacent to an activating group) is 1. The monoisotopic (exact) mass is 186 g/mol. The number of carbonyl (C=O) groups is 1. The number of likely N-dealkylation sites (tertiary alicyclic amines) is 1. The maximum atomic E-state index is 11.4. The van der Waals surface area contributed by atoms with Crippen LogP contribution in [0.4, 0.5) is 0 Å². The van der Waals surface area contributed by atoms with Gasteiger partial charge in [-0.1, -0.05) is 0 Å². The third-order valence-corrected chi connectivity index (χ3v) is 2.57. The Morgan fingerprint density at radius 3 is 2.69 bits per heavy atom. The number of rotatable bonds is 2. The van der Waals surface area contributed by atoms with E-state index in [1.807, 2.05) is 7.05 Å². The summed E-state index contributed by atoms with van der Waals surface area (Å²) in [6.07, 6.45) is 0.983. The molecular weight excluding hydrogens is 168 g/mol. The first-order valence-electron chi connectivity index (χ1n) is 4.48. The second kappa shape index (κ2) is 4.04. The van der Waals surface area contributed by atoms with E-state index in [-0.39, 0.29) is 11.8 Å². The van der Waals surface area contributed by atoms with Crippen LogP contribution in [0.2, 0.25) is 0 Å². The van der Waals surface area contributed by atoms with Gasteiger partial charge in [0.25, 0.3) is 5.91 Å². The Hall–Kier alpha value is -0.650. The van der Waals surface area contributed by atoms with Crippen LogP contribution >= 0.6 is 0 Å². The van der Waals surface area contributed by atoms with Crippen LogP contribution in [0.5, 0.6) is 0 Å².